The van der Waals surface area contributed by atoms with Crippen molar-refractivity contribution in [1.29, 1.82) is 0 Å². The van der Waals surface area contributed by atoms with E-state index in [-0.39, 0.29) is 22.9 Å². The number of furan rings is 1. The van der Waals surface area contributed by atoms with Crippen LogP contribution in [0, 0.1) is 12.3 Å². The monoisotopic (exact) mass is 326 g/mol. The molecular weight excluding hydrogens is 304 g/mol. The zero-order chi connectivity index (χ0) is 17.3. The molecule has 1 amide bonds. The van der Waals surface area contributed by atoms with E-state index in [1.807, 2.05) is 32.0 Å². The summed E-state index contributed by atoms with van der Waals surface area (Å²) in [7, 11) is 0. The molecule has 3 rings (SSSR count). The van der Waals surface area contributed by atoms with Crippen LogP contribution in [0.5, 0.6) is 0 Å². The van der Waals surface area contributed by atoms with Crippen molar-refractivity contribution in [2.75, 3.05) is 6.54 Å². The number of fused-ring (bicyclic) bond motifs is 1. The number of nitrogens with zero attached hydrogens (tertiary/aromatic N) is 1. The number of ketones is 1. The van der Waals surface area contributed by atoms with Crippen LogP contribution < -0.4 is 5.32 Å². The number of pyridine rings is 1. The van der Waals surface area contributed by atoms with Gasteiger partial charge in [-0.1, -0.05) is 19.9 Å². The molecule has 0 bridgehead atoms. The predicted molar refractivity (Wildman–Crippen MR) is 90.2 cm³/mol. The molecule has 0 unspecified atom stereocenters. The molecule has 24 heavy (non-hydrogen) atoms. The van der Waals surface area contributed by atoms with E-state index in [4.69, 9.17) is 4.42 Å². The summed E-state index contributed by atoms with van der Waals surface area (Å²) in [5.74, 6) is 0.689. The third-order valence-corrected chi connectivity index (χ3v) is 4.38. The largest absolute Gasteiger partial charge is 0.455 e. The number of amides is 1. The van der Waals surface area contributed by atoms with Gasteiger partial charge >= 0.3 is 0 Å². The lowest BCUT2D eigenvalue weighted by atomic mass is 9.76. The molecule has 2 aromatic heterocycles. The summed E-state index contributed by atoms with van der Waals surface area (Å²) < 4.78 is 5.76. The molecule has 0 spiro atoms. The van der Waals surface area contributed by atoms with Gasteiger partial charge in [-0.05, 0) is 24.5 Å². The van der Waals surface area contributed by atoms with Crippen molar-refractivity contribution in [3.05, 3.63) is 52.7 Å². The molecule has 1 aliphatic carbocycles. The second-order valence-corrected chi connectivity index (χ2v) is 7.12. The molecule has 0 radical (unpaired) electrons. The predicted octanol–water partition coefficient (Wildman–Crippen LogP) is 3.11. The second kappa shape index (κ2) is 6.23. The van der Waals surface area contributed by atoms with Gasteiger partial charge in [-0.15, -0.1) is 0 Å². The van der Waals surface area contributed by atoms with Gasteiger partial charge in [0.25, 0.3) is 5.91 Å². The van der Waals surface area contributed by atoms with E-state index in [0.717, 1.165) is 5.69 Å². The van der Waals surface area contributed by atoms with E-state index in [9.17, 15) is 9.59 Å². The van der Waals surface area contributed by atoms with Crippen molar-refractivity contribution in [2.24, 2.45) is 5.41 Å². The SMILES string of the molecule is Cc1c(C(=O)NCCc2ccccn2)oc2c1C(=O)CC(C)(C)C2. The maximum absolute atomic E-state index is 12.4. The van der Waals surface area contributed by atoms with E-state index in [0.29, 0.717) is 42.7 Å². The summed E-state index contributed by atoms with van der Waals surface area (Å²) in [5.41, 5.74) is 2.05. The molecule has 5 heteroatoms. The minimum Gasteiger partial charge on any atom is -0.455 e. The van der Waals surface area contributed by atoms with Crippen LogP contribution in [0.25, 0.3) is 0 Å². The van der Waals surface area contributed by atoms with E-state index in [1.54, 1.807) is 13.1 Å². The van der Waals surface area contributed by atoms with Crippen molar-refractivity contribution in [3.8, 4) is 0 Å². The minimum absolute atomic E-state index is 0.0648. The van der Waals surface area contributed by atoms with Crippen molar-refractivity contribution < 1.29 is 14.0 Å². The summed E-state index contributed by atoms with van der Waals surface area (Å²) in [4.78, 5) is 29.0. The highest BCUT2D eigenvalue weighted by atomic mass is 16.4. The van der Waals surface area contributed by atoms with Crippen LogP contribution in [0.3, 0.4) is 0 Å². The second-order valence-electron chi connectivity index (χ2n) is 7.12. The Hall–Kier alpha value is -2.43. The normalized spacial score (nSPS) is 15.9. The maximum Gasteiger partial charge on any atom is 0.287 e. The van der Waals surface area contributed by atoms with Gasteiger partial charge in [-0.3, -0.25) is 14.6 Å². The highest BCUT2D eigenvalue weighted by Crippen LogP contribution is 2.38. The first kappa shape index (κ1) is 16.4. The first-order chi connectivity index (χ1) is 11.4. The first-order valence-electron chi connectivity index (χ1n) is 8.21. The summed E-state index contributed by atoms with van der Waals surface area (Å²) in [6.07, 6.45) is 3.55. The smallest absolute Gasteiger partial charge is 0.287 e. The van der Waals surface area contributed by atoms with Crippen LogP contribution in [-0.2, 0) is 12.8 Å². The average Bonchev–Trinajstić information content (AvgIpc) is 2.83. The molecule has 2 heterocycles. The van der Waals surface area contributed by atoms with Crippen LogP contribution in [-0.4, -0.2) is 23.2 Å². The third-order valence-electron chi connectivity index (χ3n) is 4.38. The fraction of sp³-hybridized carbons (Fsp3) is 0.421. The molecule has 0 saturated heterocycles. The molecule has 1 aliphatic rings. The lowest BCUT2D eigenvalue weighted by molar-refractivity contribution is 0.0889. The van der Waals surface area contributed by atoms with E-state index in [1.165, 1.54) is 0 Å². The van der Waals surface area contributed by atoms with E-state index >= 15 is 0 Å². The van der Waals surface area contributed by atoms with Crippen molar-refractivity contribution in [1.82, 2.24) is 10.3 Å². The fourth-order valence-corrected chi connectivity index (χ4v) is 3.23. The molecule has 1 N–H and O–H groups in total. The highest BCUT2D eigenvalue weighted by Gasteiger charge is 2.36. The van der Waals surface area contributed by atoms with Gasteiger partial charge in [0.1, 0.15) is 5.76 Å². The van der Waals surface area contributed by atoms with E-state index in [2.05, 4.69) is 10.3 Å². The molecule has 0 aliphatic heterocycles. The number of hydrogen-bond acceptors (Lipinski definition) is 4. The Labute approximate surface area is 141 Å². The Bertz CT molecular complexity index is 775. The summed E-state index contributed by atoms with van der Waals surface area (Å²) in [6, 6.07) is 5.70. The minimum atomic E-state index is -0.275. The van der Waals surface area contributed by atoms with Crippen LogP contribution in [0.1, 0.15) is 58.2 Å². The quantitative estimate of drug-likeness (QED) is 0.937. The Morgan fingerprint density at radius 3 is 2.83 bits per heavy atom. The standard InChI is InChI=1S/C19H22N2O3/c1-12-16-14(22)10-19(2,3)11-15(16)24-17(12)18(23)21-9-7-13-6-4-5-8-20-13/h4-6,8H,7,9-11H2,1-3H3,(H,21,23). The van der Waals surface area contributed by atoms with Gasteiger partial charge in [-0.25, -0.2) is 0 Å². The van der Waals surface area contributed by atoms with Gasteiger partial charge in [-0.2, -0.15) is 0 Å². The van der Waals surface area contributed by atoms with E-state index < -0.39 is 0 Å². The molecule has 5 nitrogen and oxygen atoms in total. The number of nitrogens with one attached hydrogen (secondary N) is 1. The van der Waals surface area contributed by atoms with Gasteiger partial charge in [0.05, 0.1) is 5.56 Å². The van der Waals surface area contributed by atoms with Crippen molar-refractivity contribution in [2.45, 2.75) is 40.0 Å². The number of Topliss-reactive ketones (excluding diaryl/α,β-unsaturated/α-hetero) is 1. The van der Waals surface area contributed by atoms with Gasteiger partial charge in [0, 0.05) is 43.3 Å². The number of hydrogen-bond donors (Lipinski definition) is 1. The lowest BCUT2D eigenvalue weighted by Gasteiger charge is -2.27. The summed E-state index contributed by atoms with van der Waals surface area (Å²) in [5, 5.41) is 2.85. The van der Waals surface area contributed by atoms with Gasteiger partial charge in [0.2, 0.25) is 0 Å². The lowest BCUT2D eigenvalue weighted by Crippen LogP contribution is -2.26. The molecule has 0 aromatic carbocycles. The Kier molecular flexibility index (Phi) is 4.26. The van der Waals surface area contributed by atoms with Crippen LogP contribution in [0.15, 0.2) is 28.8 Å². The Balaban J connectivity index is 1.71. The summed E-state index contributed by atoms with van der Waals surface area (Å²) in [6.45, 7) is 6.34. The van der Waals surface area contributed by atoms with Gasteiger partial charge < -0.3 is 9.73 Å². The van der Waals surface area contributed by atoms with Crippen molar-refractivity contribution >= 4 is 11.7 Å². The number of carbonyl (C=O) groups excluding carboxylic acids is 2. The fourth-order valence-electron chi connectivity index (χ4n) is 3.23. The zero-order valence-electron chi connectivity index (χ0n) is 14.3. The zero-order valence-corrected chi connectivity index (χ0v) is 14.3. The summed E-state index contributed by atoms with van der Waals surface area (Å²) >= 11 is 0. The topological polar surface area (TPSA) is 72.2 Å². The Morgan fingerprint density at radius 2 is 2.12 bits per heavy atom. The molecular formula is C19H22N2O3. The van der Waals surface area contributed by atoms with Crippen molar-refractivity contribution in [3.63, 3.8) is 0 Å². The van der Waals surface area contributed by atoms with Crippen LogP contribution >= 0.6 is 0 Å². The number of rotatable bonds is 4. The average molecular weight is 326 g/mol. The molecule has 0 fully saturated rings. The number of aromatic nitrogens is 1. The van der Waals surface area contributed by atoms with Gasteiger partial charge in [0.15, 0.2) is 11.5 Å². The molecule has 0 saturated carbocycles. The molecule has 2 aromatic rings. The molecule has 0 atom stereocenters. The number of carbonyl (C=O) groups is 2. The molecule has 126 valence electrons. The van der Waals surface area contributed by atoms with Crippen LogP contribution in [0.2, 0.25) is 0 Å². The first-order valence-corrected chi connectivity index (χ1v) is 8.21. The Morgan fingerprint density at radius 1 is 1.33 bits per heavy atom. The highest BCUT2D eigenvalue weighted by molar-refractivity contribution is 6.03. The third kappa shape index (κ3) is 3.25. The van der Waals surface area contributed by atoms with Crippen LogP contribution in [0.4, 0.5) is 0 Å². The maximum atomic E-state index is 12.4.